The van der Waals surface area contributed by atoms with E-state index in [0.29, 0.717) is 17.7 Å². The van der Waals surface area contributed by atoms with Crippen LogP contribution in [0.1, 0.15) is 48.6 Å². The van der Waals surface area contributed by atoms with Crippen molar-refractivity contribution in [1.82, 2.24) is 9.88 Å². The van der Waals surface area contributed by atoms with E-state index in [1.807, 2.05) is 18.5 Å². The second-order valence-corrected chi connectivity index (χ2v) is 7.15. The molecule has 1 amide bonds. The Morgan fingerprint density at radius 3 is 2.33 bits per heavy atom. The van der Waals surface area contributed by atoms with Crippen molar-refractivity contribution in [2.24, 2.45) is 5.92 Å². The van der Waals surface area contributed by atoms with Crippen LogP contribution in [0, 0.1) is 5.92 Å². The number of carbonyl (C=O) groups is 1. The van der Waals surface area contributed by atoms with E-state index >= 15 is 0 Å². The van der Waals surface area contributed by atoms with Gasteiger partial charge in [0.1, 0.15) is 0 Å². The minimum atomic E-state index is 0.0482. The van der Waals surface area contributed by atoms with Crippen molar-refractivity contribution < 1.29 is 4.79 Å². The van der Waals surface area contributed by atoms with Gasteiger partial charge in [0.15, 0.2) is 0 Å². The highest BCUT2D eigenvalue weighted by atomic mass is 16.2. The number of hydrogen-bond acceptors (Lipinski definition) is 2. The van der Waals surface area contributed by atoms with E-state index in [1.165, 1.54) is 36.8 Å². The summed E-state index contributed by atoms with van der Waals surface area (Å²) in [5.41, 5.74) is 2.49. The molecule has 0 bridgehead atoms. The molecule has 2 aromatic rings. The Morgan fingerprint density at radius 2 is 1.67 bits per heavy atom. The predicted molar refractivity (Wildman–Crippen MR) is 94.7 cm³/mol. The van der Waals surface area contributed by atoms with Crippen molar-refractivity contribution in [3.8, 4) is 0 Å². The Kier molecular flexibility index (Phi) is 4.33. The molecule has 3 heteroatoms. The Labute approximate surface area is 143 Å². The number of amides is 1. The molecule has 1 saturated heterocycles. The molecule has 1 aromatic carbocycles. The molecule has 1 aliphatic heterocycles. The van der Waals surface area contributed by atoms with E-state index < -0.39 is 0 Å². The van der Waals surface area contributed by atoms with Gasteiger partial charge in [-0.1, -0.05) is 43.2 Å². The topological polar surface area (TPSA) is 33.2 Å². The van der Waals surface area contributed by atoms with Crippen LogP contribution >= 0.6 is 0 Å². The van der Waals surface area contributed by atoms with E-state index in [0.717, 1.165) is 13.1 Å². The number of hydrogen-bond donors (Lipinski definition) is 0. The number of aromatic nitrogens is 1. The van der Waals surface area contributed by atoms with E-state index in [4.69, 9.17) is 0 Å². The smallest absolute Gasteiger partial charge is 0.230 e. The van der Waals surface area contributed by atoms with Gasteiger partial charge in [0, 0.05) is 31.4 Å². The van der Waals surface area contributed by atoms with Gasteiger partial charge in [0.05, 0.1) is 5.92 Å². The summed E-state index contributed by atoms with van der Waals surface area (Å²) in [5.74, 6) is 1.36. The van der Waals surface area contributed by atoms with Crippen molar-refractivity contribution >= 4 is 5.91 Å². The Bertz CT molecular complexity index is 673. The molecule has 0 radical (unpaired) electrons. The average Bonchev–Trinajstić information content (AvgIpc) is 3.10. The largest absolute Gasteiger partial charge is 0.341 e. The Balaban J connectivity index is 1.49. The first-order valence-corrected chi connectivity index (χ1v) is 9.06. The molecule has 4 rings (SSSR count). The van der Waals surface area contributed by atoms with Crippen LogP contribution in [-0.2, 0) is 4.79 Å². The van der Waals surface area contributed by atoms with Crippen LogP contribution < -0.4 is 0 Å². The molecule has 0 unspecified atom stereocenters. The zero-order valence-corrected chi connectivity index (χ0v) is 14.0. The molecule has 3 nitrogen and oxygen atoms in total. The number of pyridine rings is 1. The van der Waals surface area contributed by atoms with E-state index in [-0.39, 0.29) is 5.92 Å². The molecule has 124 valence electrons. The summed E-state index contributed by atoms with van der Waals surface area (Å²) in [6, 6.07) is 14.5. The molecule has 1 aliphatic carbocycles. The van der Waals surface area contributed by atoms with Crippen LogP contribution in [0.3, 0.4) is 0 Å². The molecular weight excluding hydrogens is 296 g/mol. The summed E-state index contributed by atoms with van der Waals surface area (Å²) in [4.78, 5) is 19.3. The van der Waals surface area contributed by atoms with Gasteiger partial charge in [-0.3, -0.25) is 9.78 Å². The van der Waals surface area contributed by atoms with Crippen molar-refractivity contribution in [2.45, 2.75) is 37.5 Å². The van der Waals surface area contributed by atoms with Gasteiger partial charge in [-0.25, -0.2) is 0 Å². The summed E-state index contributed by atoms with van der Waals surface area (Å²) >= 11 is 0. The maximum Gasteiger partial charge on any atom is 0.230 e. The molecule has 1 aromatic heterocycles. The average molecular weight is 320 g/mol. The summed E-state index contributed by atoms with van der Waals surface area (Å²) in [5, 5.41) is 0. The van der Waals surface area contributed by atoms with Gasteiger partial charge in [-0.05, 0) is 42.0 Å². The lowest BCUT2D eigenvalue weighted by Crippen LogP contribution is -2.51. The highest BCUT2D eigenvalue weighted by Gasteiger charge is 2.39. The van der Waals surface area contributed by atoms with Gasteiger partial charge in [0.2, 0.25) is 5.91 Å². The first-order valence-electron chi connectivity index (χ1n) is 9.06. The minimum absolute atomic E-state index is 0.0482. The Morgan fingerprint density at radius 1 is 1.00 bits per heavy atom. The number of rotatable bonds is 4. The van der Waals surface area contributed by atoms with Crippen molar-refractivity contribution in [2.75, 3.05) is 13.1 Å². The van der Waals surface area contributed by atoms with Crippen LogP contribution in [0.25, 0.3) is 0 Å². The SMILES string of the molecule is O=C([C@H](c1ccccc1)C1CCCC1)N1CC(c2ccncc2)C1. The van der Waals surface area contributed by atoms with E-state index in [1.54, 1.807) is 0 Å². The maximum absolute atomic E-state index is 13.2. The highest BCUT2D eigenvalue weighted by Crippen LogP contribution is 2.40. The molecular formula is C21H24N2O. The molecule has 1 atom stereocenters. The summed E-state index contributed by atoms with van der Waals surface area (Å²) in [6.07, 6.45) is 8.58. The quantitative estimate of drug-likeness (QED) is 0.853. The maximum atomic E-state index is 13.2. The monoisotopic (exact) mass is 320 g/mol. The Hall–Kier alpha value is -2.16. The fourth-order valence-corrected chi connectivity index (χ4v) is 4.27. The summed E-state index contributed by atoms with van der Waals surface area (Å²) in [6.45, 7) is 1.69. The second kappa shape index (κ2) is 6.76. The summed E-state index contributed by atoms with van der Waals surface area (Å²) < 4.78 is 0. The third kappa shape index (κ3) is 2.95. The summed E-state index contributed by atoms with van der Waals surface area (Å²) in [7, 11) is 0. The van der Waals surface area contributed by atoms with Crippen LogP contribution in [0.4, 0.5) is 0 Å². The molecule has 2 aliphatic rings. The lowest BCUT2D eigenvalue weighted by molar-refractivity contribution is -0.138. The van der Waals surface area contributed by atoms with Crippen molar-refractivity contribution in [1.29, 1.82) is 0 Å². The second-order valence-electron chi connectivity index (χ2n) is 7.15. The number of nitrogens with zero attached hydrogens (tertiary/aromatic N) is 2. The lowest BCUT2D eigenvalue weighted by atomic mass is 9.81. The lowest BCUT2D eigenvalue weighted by Gasteiger charge is -2.42. The molecule has 0 spiro atoms. The van der Waals surface area contributed by atoms with Crippen molar-refractivity contribution in [3.05, 3.63) is 66.0 Å². The molecule has 24 heavy (non-hydrogen) atoms. The number of likely N-dealkylation sites (tertiary alicyclic amines) is 1. The fraction of sp³-hybridized carbons (Fsp3) is 0.429. The van der Waals surface area contributed by atoms with Crippen LogP contribution in [0.15, 0.2) is 54.9 Å². The highest BCUT2D eigenvalue weighted by molar-refractivity contribution is 5.85. The normalized spacial score (nSPS) is 19.9. The van der Waals surface area contributed by atoms with Crippen LogP contribution in [-0.4, -0.2) is 28.9 Å². The van der Waals surface area contributed by atoms with Crippen molar-refractivity contribution in [3.63, 3.8) is 0 Å². The fourth-order valence-electron chi connectivity index (χ4n) is 4.27. The predicted octanol–water partition coefficient (Wildman–Crippen LogP) is 3.98. The first-order chi connectivity index (χ1) is 11.8. The number of benzene rings is 1. The zero-order valence-electron chi connectivity index (χ0n) is 14.0. The molecule has 0 N–H and O–H groups in total. The molecule has 2 fully saturated rings. The standard InChI is InChI=1S/C21H24N2O/c24-21(23-14-19(15-23)16-10-12-22-13-11-16)20(18-8-4-5-9-18)17-6-2-1-3-7-17/h1-3,6-7,10-13,18-20H,4-5,8-9,14-15H2/t20-/m1/s1. The van der Waals surface area contributed by atoms with Gasteiger partial charge in [-0.2, -0.15) is 0 Å². The van der Waals surface area contributed by atoms with Gasteiger partial charge >= 0.3 is 0 Å². The third-order valence-electron chi connectivity index (χ3n) is 5.67. The first kappa shape index (κ1) is 15.4. The van der Waals surface area contributed by atoms with Gasteiger partial charge < -0.3 is 4.90 Å². The van der Waals surface area contributed by atoms with Crippen LogP contribution in [0.2, 0.25) is 0 Å². The van der Waals surface area contributed by atoms with Crippen LogP contribution in [0.5, 0.6) is 0 Å². The molecule has 2 heterocycles. The molecule has 1 saturated carbocycles. The number of carbonyl (C=O) groups excluding carboxylic acids is 1. The van der Waals surface area contributed by atoms with E-state index in [9.17, 15) is 4.79 Å². The van der Waals surface area contributed by atoms with Gasteiger partial charge in [0.25, 0.3) is 0 Å². The minimum Gasteiger partial charge on any atom is -0.341 e. The third-order valence-corrected chi connectivity index (χ3v) is 5.67. The van der Waals surface area contributed by atoms with Gasteiger partial charge in [-0.15, -0.1) is 0 Å². The zero-order chi connectivity index (χ0) is 16.4. The van der Waals surface area contributed by atoms with E-state index in [2.05, 4.69) is 46.3 Å².